The fraction of sp³-hybridized carbons (Fsp3) is 0.400. The van der Waals surface area contributed by atoms with Gasteiger partial charge in [0.25, 0.3) is 0 Å². The third-order valence-corrected chi connectivity index (χ3v) is 3.66. The zero-order chi connectivity index (χ0) is 16.6. The van der Waals surface area contributed by atoms with E-state index < -0.39 is 12.1 Å². The Labute approximate surface area is 130 Å². The molecule has 1 unspecified atom stereocenters. The lowest BCUT2D eigenvalue weighted by molar-refractivity contribution is -0.159. The second kappa shape index (κ2) is 5.68. The molecule has 0 bridgehead atoms. The summed E-state index contributed by atoms with van der Waals surface area (Å²) in [6.45, 7) is 3.24. The molecule has 0 radical (unpaired) electrons. The summed E-state index contributed by atoms with van der Waals surface area (Å²) >= 11 is 0. The number of carbonyl (C=O) groups is 1. The van der Waals surface area contributed by atoms with Gasteiger partial charge in [0.2, 0.25) is 11.7 Å². The Morgan fingerprint density at radius 3 is 2.52 bits per heavy atom. The van der Waals surface area contributed by atoms with Crippen molar-refractivity contribution in [3.8, 4) is 11.4 Å². The molecule has 122 valence electrons. The van der Waals surface area contributed by atoms with E-state index in [9.17, 15) is 18.0 Å². The number of carbonyl (C=O) groups excluding carboxylic acids is 1. The van der Waals surface area contributed by atoms with Gasteiger partial charge in [-0.25, -0.2) is 0 Å². The molecule has 1 aliphatic heterocycles. The molecule has 1 aliphatic rings. The van der Waals surface area contributed by atoms with Crippen molar-refractivity contribution in [3.63, 3.8) is 0 Å². The first-order valence-electron chi connectivity index (χ1n) is 7.11. The van der Waals surface area contributed by atoms with Crippen molar-refractivity contribution in [2.75, 3.05) is 6.54 Å². The minimum atomic E-state index is -4.65. The molecule has 8 heteroatoms. The molecule has 1 fully saturated rings. The molecule has 2 heterocycles. The van der Waals surface area contributed by atoms with Gasteiger partial charge in [-0.1, -0.05) is 36.3 Å². The summed E-state index contributed by atoms with van der Waals surface area (Å²) in [5.41, 5.74) is 1.32. The van der Waals surface area contributed by atoms with Gasteiger partial charge < -0.3 is 9.42 Å². The number of alkyl halides is 3. The van der Waals surface area contributed by atoms with Gasteiger partial charge in [0.1, 0.15) is 0 Å². The predicted molar refractivity (Wildman–Crippen MR) is 73.9 cm³/mol. The Balaban J connectivity index is 1.72. The fourth-order valence-electron chi connectivity index (χ4n) is 2.56. The molecule has 1 aromatic heterocycles. The van der Waals surface area contributed by atoms with E-state index in [0.717, 1.165) is 12.1 Å². The number of amides is 1. The van der Waals surface area contributed by atoms with Gasteiger partial charge in [-0.2, -0.15) is 18.2 Å². The van der Waals surface area contributed by atoms with Crippen LogP contribution in [0.1, 0.15) is 24.8 Å². The quantitative estimate of drug-likeness (QED) is 0.870. The minimum absolute atomic E-state index is 0.116. The molecule has 0 N–H and O–H groups in total. The van der Waals surface area contributed by atoms with E-state index in [1.54, 1.807) is 29.2 Å². The molecular weight excluding hydrogens is 311 g/mol. The Hall–Kier alpha value is -2.38. The number of hydrogen-bond acceptors (Lipinski definition) is 4. The van der Waals surface area contributed by atoms with Crippen molar-refractivity contribution >= 4 is 5.91 Å². The van der Waals surface area contributed by atoms with Crippen molar-refractivity contribution in [3.05, 3.63) is 35.7 Å². The van der Waals surface area contributed by atoms with Crippen LogP contribution < -0.4 is 0 Å². The Kier molecular flexibility index (Phi) is 3.83. The van der Waals surface area contributed by atoms with E-state index in [4.69, 9.17) is 0 Å². The summed E-state index contributed by atoms with van der Waals surface area (Å²) in [4.78, 5) is 16.9. The Morgan fingerprint density at radius 1 is 1.30 bits per heavy atom. The van der Waals surface area contributed by atoms with Crippen LogP contribution in [0.4, 0.5) is 13.2 Å². The van der Waals surface area contributed by atoms with Gasteiger partial charge in [-0.05, 0) is 11.5 Å². The van der Waals surface area contributed by atoms with Gasteiger partial charge in [0.15, 0.2) is 0 Å². The molecule has 1 amide bonds. The largest absolute Gasteiger partial charge is 0.471 e. The summed E-state index contributed by atoms with van der Waals surface area (Å²) in [5, 5.41) is 3.34. The van der Waals surface area contributed by atoms with E-state index in [2.05, 4.69) is 14.7 Å². The number of hydrogen-bond donors (Lipinski definition) is 0. The molecular formula is C15H14F3N3O2. The number of halogens is 3. The normalized spacial score (nSPS) is 18.7. The van der Waals surface area contributed by atoms with Crippen LogP contribution in [0.15, 0.2) is 28.8 Å². The lowest BCUT2D eigenvalue weighted by Gasteiger charge is -2.16. The highest BCUT2D eigenvalue weighted by atomic mass is 19.4. The highest BCUT2D eigenvalue weighted by Gasteiger charge is 2.38. The number of rotatable bonds is 3. The van der Waals surface area contributed by atoms with Crippen LogP contribution in [0, 0.1) is 5.92 Å². The maximum atomic E-state index is 12.4. The highest BCUT2D eigenvalue weighted by Crippen LogP contribution is 2.29. The van der Waals surface area contributed by atoms with Crippen LogP contribution >= 0.6 is 0 Å². The third-order valence-electron chi connectivity index (χ3n) is 3.66. The second-order valence-corrected chi connectivity index (χ2v) is 5.70. The zero-order valence-electron chi connectivity index (χ0n) is 12.3. The predicted octanol–water partition coefficient (Wildman–Crippen LogP) is 3.12. The molecule has 23 heavy (non-hydrogen) atoms. The Bertz CT molecular complexity index is 710. The van der Waals surface area contributed by atoms with Crippen LogP contribution in [0.25, 0.3) is 11.4 Å². The first kappa shape index (κ1) is 15.5. The number of aromatic nitrogens is 2. The highest BCUT2D eigenvalue weighted by molar-refractivity contribution is 5.78. The first-order valence-corrected chi connectivity index (χ1v) is 7.11. The smallest absolute Gasteiger partial charge is 0.338 e. The average molecular weight is 325 g/mol. The molecule has 0 saturated carbocycles. The number of nitrogens with zero attached hydrogens (tertiary/aromatic N) is 3. The zero-order valence-corrected chi connectivity index (χ0v) is 12.3. The standard InChI is InChI=1S/C15H14F3N3O2/c1-9-6-12(22)21(7-9)8-10-2-4-11(5-3-10)13-19-14(23-20-13)15(16,17)18/h2-5,9H,6-8H2,1H3. The van der Waals surface area contributed by atoms with E-state index in [-0.39, 0.29) is 11.7 Å². The summed E-state index contributed by atoms with van der Waals surface area (Å²) in [5.74, 6) is -1.01. The fourth-order valence-corrected chi connectivity index (χ4v) is 2.56. The van der Waals surface area contributed by atoms with Crippen LogP contribution in [-0.2, 0) is 17.5 Å². The van der Waals surface area contributed by atoms with Gasteiger partial charge in [-0.3, -0.25) is 4.79 Å². The molecule has 0 spiro atoms. The SMILES string of the molecule is CC1CC(=O)N(Cc2ccc(-c3noc(C(F)(F)F)n3)cc2)C1. The summed E-state index contributed by atoms with van der Waals surface area (Å²) < 4.78 is 41.5. The molecule has 0 aliphatic carbocycles. The summed E-state index contributed by atoms with van der Waals surface area (Å²) in [6.07, 6.45) is -4.10. The minimum Gasteiger partial charge on any atom is -0.338 e. The van der Waals surface area contributed by atoms with Gasteiger partial charge >= 0.3 is 12.1 Å². The van der Waals surface area contributed by atoms with Gasteiger partial charge in [0.05, 0.1) is 0 Å². The van der Waals surface area contributed by atoms with Gasteiger partial charge in [-0.15, -0.1) is 0 Å². The topological polar surface area (TPSA) is 59.2 Å². The van der Waals surface area contributed by atoms with Crippen LogP contribution in [0.3, 0.4) is 0 Å². The van der Waals surface area contributed by atoms with Crippen molar-refractivity contribution in [2.24, 2.45) is 5.92 Å². The van der Waals surface area contributed by atoms with Crippen LogP contribution in [0.5, 0.6) is 0 Å². The Morgan fingerprint density at radius 2 is 2.00 bits per heavy atom. The van der Waals surface area contributed by atoms with E-state index >= 15 is 0 Å². The molecule has 3 rings (SSSR count). The van der Waals surface area contributed by atoms with Gasteiger partial charge in [0, 0.05) is 25.1 Å². The summed E-state index contributed by atoms with van der Waals surface area (Å²) in [6, 6.07) is 6.72. The van der Waals surface area contributed by atoms with Crippen molar-refractivity contribution < 1.29 is 22.5 Å². The number of benzene rings is 1. The average Bonchev–Trinajstić information content (AvgIpc) is 3.07. The second-order valence-electron chi connectivity index (χ2n) is 5.70. The lowest BCUT2D eigenvalue weighted by Crippen LogP contribution is -2.24. The monoisotopic (exact) mass is 325 g/mol. The number of likely N-dealkylation sites (tertiary alicyclic amines) is 1. The maximum Gasteiger partial charge on any atom is 0.471 e. The maximum absolute atomic E-state index is 12.4. The van der Waals surface area contributed by atoms with E-state index in [0.29, 0.717) is 24.4 Å². The molecule has 1 atom stereocenters. The molecule has 1 saturated heterocycles. The van der Waals surface area contributed by atoms with E-state index in [1.807, 2.05) is 6.92 Å². The molecule has 2 aromatic rings. The molecule has 1 aromatic carbocycles. The molecule has 5 nitrogen and oxygen atoms in total. The van der Waals surface area contributed by atoms with Crippen LogP contribution in [-0.4, -0.2) is 27.5 Å². The first-order chi connectivity index (χ1) is 10.8. The van der Waals surface area contributed by atoms with Crippen molar-refractivity contribution in [2.45, 2.75) is 26.1 Å². The van der Waals surface area contributed by atoms with Crippen molar-refractivity contribution in [1.29, 1.82) is 0 Å². The summed E-state index contributed by atoms with van der Waals surface area (Å²) in [7, 11) is 0. The third kappa shape index (κ3) is 3.35. The van der Waals surface area contributed by atoms with E-state index in [1.165, 1.54) is 0 Å². The lowest BCUT2D eigenvalue weighted by atomic mass is 10.1. The van der Waals surface area contributed by atoms with Crippen LogP contribution in [0.2, 0.25) is 0 Å². The van der Waals surface area contributed by atoms with Crippen molar-refractivity contribution in [1.82, 2.24) is 15.0 Å².